The number of fused-ring (bicyclic) bond motifs is 5. The minimum atomic E-state index is -0.533. The Hall–Kier alpha value is -3.03. The quantitative estimate of drug-likeness (QED) is 0.385. The molecule has 2 bridgehead atoms. The predicted molar refractivity (Wildman–Crippen MR) is 86.2 cm³/mol. The van der Waals surface area contributed by atoms with Crippen molar-refractivity contribution in [3.05, 3.63) is 46.5 Å². The Bertz CT molecular complexity index is 786. The van der Waals surface area contributed by atoms with Crippen molar-refractivity contribution in [2.75, 3.05) is 11.9 Å². The Balaban J connectivity index is 1.42. The van der Waals surface area contributed by atoms with E-state index < -0.39 is 10.8 Å². The van der Waals surface area contributed by atoms with Gasteiger partial charge in [-0.1, -0.05) is 12.2 Å². The van der Waals surface area contributed by atoms with E-state index in [0.717, 1.165) is 11.3 Å². The zero-order valence-corrected chi connectivity index (χ0v) is 13.1. The van der Waals surface area contributed by atoms with E-state index in [-0.39, 0.29) is 47.7 Å². The van der Waals surface area contributed by atoms with Crippen molar-refractivity contribution in [1.82, 2.24) is 4.90 Å². The number of hydrogen-bond acceptors (Lipinski definition) is 5. The smallest absolute Gasteiger partial charge is 0.269 e. The topological polar surface area (TPSA) is 110 Å². The van der Waals surface area contributed by atoms with Gasteiger partial charge in [-0.25, -0.2) is 0 Å². The van der Waals surface area contributed by atoms with E-state index in [9.17, 15) is 24.5 Å². The number of imide groups is 1. The second-order valence-electron chi connectivity index (χ2n) is 6.61. The second-order valence-corrected chi connectivity index (χ2v) is 6.61. The molecule has 1 N–H and O–H groups in total. The van der Waals surface area contributed by atoms with Crippen LogP contribution < -0.4 is 5.32 Å². The van der Waals surface area contributed by atoms with Crippen LogP contribution in [0.25, 0.3) is 0 Å². The fourth-order valence-electron chi connectivity index (χ4n) is 4.13. The summed E-state index contributed by atoms with van der Waals surface area (Å²) in [5, 5.41) is 13.2. The third kappa shape index (κ3) is 2.41. The van der Waals surface area contributed by atoms with Gasteiger partial charge in [-0.2, -0.15) is 0 Å². The average Bonchev–Trinajstić information content (AvgIpc) is 3.25. The number of non-ortho nitro benzene ring substituents is 1. The average molecular weight is 341 g/mol. The molecule has 0 aromatic heterocycles. The fourth-order valence-corrected chi connectivity index (χ4v) is 4.13. The summed E-state index contributed by atoms with van der Waals surface area (Å²) in [6.07, 6.45) is 4.84. The lowest BCUT2D eigenvalue weighted by molar-refractivity contribution is -0.384. The van der Waals surface area contributed by atoms with E-state index in [2.05, 4.69) is 5.32 Å². The zero-order chi connectivity index (χ0) is 17.7. The molecule has 3 aliphatic rings. The van der Waals surface area contributed by atoms with Gasteiger partial charge in [-0.3, -0.25) is 29.4 Å². The van der Waals surface area contributed by atoms with Gasteiger partial charge in [0, 0.05) is 17.8 Å². The first-order chi connectivity index (χ1) is 12.0. The number of nitro benzene ring substituents is 1. The Morgan fingerprint density at radius 1 is 1.12 bits per heavy atom. The second kappa shape index (κ2) is 5.51. The number of likely N-dealkylation sites (tertiary alicyclic amines) is 1. The van der Waals surface area contributed by atoms with Crippen molar-refractivity contribution >= 4 is 29.1 Å². The van der Waals surface area contributed by atoms with Crippen LogP contribution in [0.3, 0.4) is 0 Å². The fraction of sp³-hybridized carbons (Fsp3) is 0.353. The molecule has 8 heteroatoms. The summed E-state index contributed by atoms with van der Waals surface area (Å²) in [5.41, 5.74) is 0.287. The zero-order valence-electron chi connectivity index (χ0n) is 13.1. The van der Waals surface area contributed by atoms with Crippen molar-refractivity contribution in [3.63, 3.8) is 0 Å². The summed E-state index contributed by atoms with van der Waals surface area (Å²) >= 11 is 0. The van der Waals surface area contributed by atoms with Gasteiger partial charge in [-0.05, 0) is 30.4 Å². The van der Waals surface area contributed by atoms with Crippen LogP contribution in [-0.4, -0.2) is 34.1 Å². The molecule has 4 rings (SSSR count). The molecule has 8 nitrogen and oxygen atoms in total. The van der Waals surface area contributed by atoms with Gasteiger partial charge in [0.2, 0.25) is 17.7 Å². The van der Waals surface area contributed by atoms with E-state index in [0.29, 0.717) is 5.69 Å². The third-order valence-electron chi connectivity index (χ3n) is 5.23. The Morgan fingerprint density at radius 3 is 2.20 bits per heavy atom. The first-order valence-electron chi connectivity index (χ1n) is 8.03. The van der Waals surface area contributed by atoms with Crippen LogP contribution in [0.1, 0.15) is 6.42 Å². The number of amides is 3. The lowest BCUT2D eigenvalue weighted by Crippen LogP contribution is -2.39. The van der Waals surface area contributed by atoms with Crippen molar-refractivity contribution in [2.24, 2.45) is 23.7 Å². The standard InChI is InChI=1S/C17H15N3O5/c21-13(18-11-3-5-12(6-4-11)20(24)25)8-19-16(22)14-9-1-2-10(7-9)15(14)17(19)23/h1-6,9-10,14-15H,7-8H2,(H,18,21)/t9-,10-,14-,15-/m0/s1. The molecule has 0 unspecified atom stereocenters. The molecule has 2 fully saturated rings. The van der Waals surface area contributed by atoms with Crippen LogP contribution in [0.2, 0.25) is 0 Å². The summed E-state index contributed by atoms with van der Waals surface area (Å²) in [6.45, 7) is -0.332. The maximum Gasteiger partial charge on any atom is 0.269 e. The number of benzene rings is 1. The molecule has 1 saturated heterocycles. The molecular weight excluding hydrogens is 326 g/mol. The van der Waals surface area contributed by atoms with Gasteiger partial charge in [0.1, 0.15) is 6.54 Å². The normalized spacial score (nSPS) is 29.2. The summed E-state index contributed by atoms with van der Waals surface area (Å²) in [6, 6.07) is 5.36. The number of nitrogens with one attached hydrogen (secondary N) is 1. The van der Waals surface area contributed by atoms with Gasteiger partial charge in [-0.15, -0.1) is 0 Å². The molecule has 25 heavy (non-hydrogen) atoms. The van der Waals surface area contributed by atoms with Crippen molar-refractivity contribution in [3.8, 4) is 0 Å². The first kappa shape index (κ1) is 15.5. The summed E-state index contributed by atoms with van der Waals surface area (Å²) in [4.78, 5) is 48.3. The minimum Gasteiger partial charge on any atom is -0.325 e. The molecule has 1 aliphatic heterocycles. The number of anilines is 1. The van der Waals surface area contributed by atoms with Gasteiger partial charge < -0.3 is 5.32 Å². The van der Waals surface area contributed by atoms with Crippen molar-refractivity contribution in [1.29, 1.82) is 0 Å². The van der Waals surface area contributed by atoms with Gasteiger partial charge in [0.25, 0.3) is 5.69 Å². The molecule has 2 aliphatic carbocycles. The molecule has 1 saturated carbocycles. The maximum atomic E-state index is 12.5. The van der Waals surface area contributed by atoms with E-state index in [4.69, 9.17) is 0 Å². The SMILES string of the molecule is O=C(CN1C(=O)[C@@H]2[C@@H](C1=O)[C@H]1C=C[C@H]2C1)Nc1ccc([N+](=O)[O-])cc1. The Labute approximate surface area is 142 Å². The largest absolute Gasteiger partial charge is 0.325 e. The van der Waals surface area contributed by atoms with Crippen LogP contribution in [0.5, 0.6) is 0 Å². The number of allylic oxidation sites excluding steroid dienone is 2. The molecule has 1 aromatic carbocycles. The monoisotopic (exact) mass is 341 g/mol. The van der Waals surface area contributed by atoms with Crippen LogP contribution in [0.4, 0.5) is 11.4 Å². The summed E-state index contributed by atoms with van der Waals surface area (Å²) < 4.78 is 0. The number of carbonyl (C=O) groups is 3. The molecular formula is C17H15N3O5. The molecule has 1 aromatic rings. The summed E-state index contributed by atoms with van der Waals surface area (Å²) in [5.74, 6) is -1.49. The number of carbonyl (C=O) groups excluding carboxylic acids is 3. The molecule has 1 heterocycles. The summed E-state index contributed by atoms with van der Waals surface area (Å²) in [7, 11) is 0. The van der Waals surface area contributed by atoms with Crippen molar-refractivity contribution < 1.29 is 19.3 Å². The Morgan fingerprint density at radius 2 is 1.68 bits per heavy atom. The van der Waals surface area contributed by atoms with Crippen LogP contribution in [-0.2, 0) is 14.4 Å². The number of rotatable bonds is 4. The van der Waals surface area contributed by atoms with E-state index in [1.54, 1.807) is 0 Å². The molecule has 0 spiro atoms. The minimum absolute atomic E-state index is 0.0845. The van der Waals surface area contributed by atoms with Gasteiger partial charge in [0.15, 0.2) is 0 Å². The van der Waals surface area contributed by atoms with Gasteiger partial charge >= 0.3 is 0 Å². The highest BCUT2D eigenvalue weighted by Gasteiger charge is 2.59. The first-order valence-corrected chi connectivity index (χ1v) is 8.03. The highest BCUT2D eigenvalue weighted by Crippen LogP contribution is 2.52. The van der Waals surface area contributed by atoms with Crippen molar-refractivity contribution in [2.45, 2.75) is 6.42 Å². The van der Waals surface area contributed by atoms with E-state index >= 15 is 0 Å². The van der Waals surface area contributed by atoms with Crippen LogP contribution in [0.15, 0.2) is 36.4 Å². The van der Waals surface area contributed by atoms with E-state index in [1.807, 2.05) is 12.2 Å². The number of nitrogens with zero attached hydrogens (tertiary/aromatic N) is 2. The van der Waals surface area contributed by atoms with Gasteiger partial charge in [0.05, 0.1) is 16.8 Å². The number of hydrogen-bond donors (Lipinski definition) is 1. The van der Waals surface area contributed by atoms with E-state index in [1.165, 1.54) is 24.3 Å². The highest BCUT2D eigenvalue weighted by molar-refractivity contribution is 6.09. The lowest BCUT2D eigenvalue weighted by Gasteiger charge is -2.16. The molecule has 4 atom stereocenters. The number of nitro groups is 1. The van der Waals surface area contributed by atoms with Crippen LogP contribution in [0, 0.1) is 33.8 Å². The Kier molecular flexibility index (Phi) is 3.41. The lowest BCUT2D eigenvalue weighted by atomic mass is 9.85. The van der Waals surface area contributed by atoms with Crippen LogP contribution >= 0.6 is 0 Å². The third-order valence-corrected chi connectivity index (χ3v) is 5.23. The molecule has 128 valence electrons. The maximum absolute atomic E-state index is 12.5. The molecule has 3 amide bonds. The molecule has 0 radical (unpaired) electrons. The predicted octanol–water partition coefficient (Wildman–Crippen LogP) is 1.34. The highest BCUT2D eigenvalue weighted by atomic mass is 16.6.